The zero-order chi connectivity index (χ0) is 20.1. The number of benzene rings is 2. The molecular formula is C21H19BrN2O3S. The minimum absolute atomic E-state index is 0.256. The van der Waals surface area contributed by atoms with Crippen molar-refractivity contribution in [1.82, 2.24) is 4.98 Å². The summed E-state index contributed by atoms with van der Waals surface area (Å²) in [4.78, 5) is 17.9. The van der Waals surface area contributed by atoms with Crippen molar-refractivity contribution in [3.05, 3.63) is 63.5 Å². The van der Waals surface area contributed by atoms with Gasteiger partial charge in [-0.05, 0) is 37.3 Å². The Kier molecular flexibility index (Phi) is 6.49. The highest BCUT2D eigenvalue weighted by atomic mass is 79.9. The molecule has 1 amide bonds. The smallest absolute Gasteiger partial charge is 0.250 e. The Balaban J connectivity index is 1.73. The number of anilines is 1. The molecule has 28 heavy (non-hydrogen) atoms. The van der Waals surface area contributed by atoms with E-state index in [1.807, 2.05) is 43.3 Å². The van der Waals surface area contributed by atoms with Crippen molar-refractivity contribution in [3.8, 4) is 22.8 Å². The maximum absolute atomic E-state index is 12.3. The average Bonchev–Trinajstić information content (AvgIpc) is 3.06. The molecule has 0 aliphatic carbocycles. The lowest BCUT2D eigenvalue weighted by Crippen LogP contribution is -2.07. The van der Waals surface area contributed by atoms with E-state index in [0.717, 1.165) is 26.2 Å². The van der Waals surface area contributed by atoms with Crippen LogP contribution in [-0.4, -0.2) is 25.1 Å². The predicted octanol–water partition coefficient (Wildman–Crippen LogP) is 5.55. The lowest BCUT2D eigenvalue weighted by molar-refractivity contribution is -0.111. The van der Waals surface area contributed by atoms with E-state index in [2.05, 4.69) is 26.2 Å². The highest BCUT2D eigenvalue weighted by Crippen LogP contribution is 2.31. The van der Waals surface area contributed by atoms with Gasteiger partial charge in [-0.2, -0.15) is 0 Å². The van der Waals surface area contributed by atoms with Gasteiger partial charge in [0.05, 0.1) is 19.9 Å². The standard InChI is InChI=1S/C21H19BrN2O3S/c1-13-20(15-4-8-16(22)9-5-15)24-21(28-13)23-19(25)11-7-14-6-10-17(26-2)12-18(14)27-3/h4-12H,1-3H3,(H,23,24,25)/b11-7+. The number of hydrogen-bond donors (Lipinski definition) is 1. The fraction of sp³-hybridized carbons (Fsp3) is 0.143. The highest BCUT2D eigenvalue weighted by Gasteiger charge is 2.11. The molecule has 1 heterocycles. The first-order valence-corrected chi connectivity index (χ1v) is 10.1. The largest absolute Gasteiger partial charge is 0.497 e. The third-order valence-corrected chi connectivity index (χ3v) is 5.41. The number of carbonyl (C=O) groups excluding carboxylic acids is 1. The lowest BCUT2D eigenvalue weighted by Gasteiger charge is -2.07. The van der Waals surface area contributed by atoms with Crippen molar-refractivity contribution >= 4 is 44.4 Å². The van der Waals surface area contributed by atoms with Gasteiger partial charge in [0.25, 0.3) is 0 Å². The Labute approximate surface area is 176 Å². The Morgan fingerprint density at radius 1 is 1.14 bits per heavy atom. The fourth-order valence-corrected chi connectivity index (χ4v) is 3.70. The number of amides is 1. The number of carbonyl (C=O) groups is 1. The van der Waals surface area contributed by atoms with Gasteiger partial charge in [0.1, 0.15) is 11.5 Å². The topological polar surface area (TPSA) is 60.5 Å². The number of aromatic nitrogens is 1. The molecule has 0 aliphatic heterocycles. The summed E-state index contributed by atoms with van der Waals surface area (Å²) in [6, 6.07) is 13.3. The van der Waals surface area contributed by atoms with E-state index in [1.165, 1.54) is 17.4 Å². The number of methoxy groups -OCH3 is 2. The molecule has 1 aromatic heterocycles. The first kappa shape index (κ1) is 20.1. The average molecular weight is 459 g/mol. The van der Waals surface area contributed by atoms with Crippen LogP contribution in [0.5, 0.6) is 11.5 Å². The van der Waals surface area contributed by atoms with E-state index in [0.29, 0.717) is 16.6 Å². The van der Waals surface area contributed by atoms with Crippen LogP contribution in [0.2, 0.25) is 0 Å². The van der Waals surface area contributed by atoms with Gasteiger partial charge >= 0.3 is 0 Å². The van der Waals surface area contributed by atoms with Gasteiger partial charge in [0, 0.05) is 32.6 Å². The molecule has 5 nitrogen and oxygen atoms in total. The summed E-state index contributed by atoms with van der Waals surface area (Å²) in [6.45, 7) is 1.99. The molecule has 0 atom stereocenters. The molecule has 0 spiro atoms. The van der Waals surface area contributed by atoms with Crippen molar-refractivity contribution in [1.29, 1.82) is 0 Å². The molecule has 0 saturated carbocycles. The Morgan fingerprint density at radius 3 is 2.57 bits per heavy atom. The molecule has 0 bridgehead atoms. The molecule has 3 aromatic rings. The summed E-state index contributed by atoms with van der Waals surface area (Å²) in [6.07, 6.45) is 3.16. The molecule has 3 rings (SSSR count). The van der Waals surface area contributed by atoms with E-state index in [4.69, 9.17) is 9.47 Å². The van der Waals surface area contributed by atoms with Gasteiger partial charge in [0.15, 0.2) is 5.13 Å². The second kappa shape index (κ2) is 9.03. The van der Waals surface area contributed by atoms with Gasteiger partial charge in [-0.1, -0.05) is 28.1 Å². The van der Waals surface area contributed by atoms with Crippen LogP contribution in [0, 0.1) is 6.92 Å². The Hall–Kier alpha value is -2.64. The normalized spacial score (nSPS) is 10.9. The maximum atomic E-state index is 12.3. The van der Waals surface area contributed by atoms with Crippen LogP contribution in [0.4, 0.5) is 5.13 Å². The Bertz CT molecular complexity index is 1010. The van der Waals surface area contributed by atoms with Crippen molar-refractivity contribution in [2.45, 2.75) is 6.92 Å². The molecule has 0 aliphatic rings. The van der Waals surface area contributed by atoms with E-state index in [9.17, 15) is 4.79 Å². The molecule has 0 fully saturated rings. The van der Waals surface area contributed by atoms with Crippen LogP contribution >= 0.6 is 27.3 Å². The van der Waals surface area contributed by atoms with Crippen LogP contribution in [0.25, 0.3) is 17.3 Å². The van der Waals surface area contributed by atoms with E-state index < -0.39 is 0 Å². The zero-order valence-corrected chi connectivity index (χ0v) is 18.1. The number of nitrogens with zero attached hydrogens (tertiary/aromatic N) is 1. The van der Waals surface area contributed by atoms with Crippen LogP contribution in [0.3, 0.4) is 0 Å². The van der Waals surface area contributed by atoms with Gasteiger partial charge in [0.2, 0.25) is 5.91 Å². The number of rotatable bonds is 6. The summed E-state index contributed by atoms with van der Waals surface area (Å²) in [5.41, 5.74) is 2.66. The van der Waals surface area contributed by atoms with E-state index in [1.54, 1.807) is 26.4 Å². The molecule has 1 N–H and O–H groups in total. The van der Waals surface area contributed by atoms with Gasteiger partial charge < -0.3 is 9.47 Å². The van der Waals surface area contributed by atoms with Gasteiger partial charge in [-0.25, -0.2) is 4.98 Å². The molecule has 2 aromatic carbocycles. The van der Waals surface area contributed by atoms with Crippen molar-refractivity contribution < 1.29 is 14.3 Å². The first-order chi connectivity index (χ1) is 13.5. The van der Waals surface area contributed by atoms with E-state index >= 15 is 0 Å². The highest BCUT2D eigenvalue weighted by molar-refractivity contribution is 9.10. The number of ether oxygens (including phenoxy) is 2. The van der Waals surface area contributed by atoms with Gasteiger partial charge in [-0.15, -0.1) is 11.3 Å². The van der Waals surface area contributed by atoms with Crippen molar-refractivity contribution in [3.63, 3.8) is 0 Å². The van der Waals surface area contributed by atoms with Crippen LogP contribution < -0.4 is 14.8 Å². The van der Waals surface area contributed by atoms with Gasteiger partial charge in [-0.3, -0.25) is 10.1 Å². The summed E-state index contributed by atoms with van der Waals surface area (Å²) in [7, 11) is 3.17. The van der Waals surface area contributed by atoms with Crippen LogP contribution in [-0.2, 0) is 4.79 Å². The SMILES string of the molecule is COc1ccc(/C=C/C(=O)Nc2nc(-c3ccc(Br)cc3)c(C)s2)c(OC)c1. The fourth-order valence-electron chi connectivity index (χ4n) is 2.59. The molecule has 0 unspecified atom stereocenters. The Morgan fingerprint density at radius 2 is 1.89 bits per heavy atom. The zero-order valence-electron chi connectivity index (χ0n) is 15.7. The summed E-state index contributed by atoms with van der Waals surface area (Å²) < 4.78 is 11.5. The second-order valence-corrected chi connectivity index (χ2v) is 7.98. The second-order valence-electron chi connectivity index (χ2n) is 5.86. The molecule has 7 heteroatoms. The monoisotopic (exact) mass is 458 g/mol. The summed E-state index contributed by atoms with van der Waals surface area (Å²) in [5.74, 6) is 1.07. The minimum Gasteiger partial charge on any atom is -0.497 e. The number of thiazole rings is 1. The molecule has 0 radical (unpaired) electrons. The van der Waals surface area contributed by atoms with Crippen LogP contribution in [0.15, 0.2) is 53.0 Å². The molecular weight excluding hydrogens is 440 g/mol. The third-order valence-electron chi connectivity index (χ3n) is 4.00. The summed E-state index contributed by atoms with van der Waals surface area (Å²) >= 11 is 4.88. The third kappa shape index (κ3) is 4.79. The van der Waals surface area contributed by atoms with Crippen LogP contribution in [0.1, 0.15) is 10.4 Å². The first-order valence-electron chi connectivity index (χ1n) is 8.44. The number of aryl methyl sites for hydroxylation is 1. The molecule has 0 saturated heterocycles. The minimum atomic E-state index is -0.256. The predicted molar refractivity (Wildman–Crippen MR) is 117 cm³/mol. The van der Waals surface area contributed by atoms with Crippen molar-refractivity contribution in [2.24, 2.45) is 0 Å². The number of hydrogen-bond acceptors (Lipinski definition) is 5. The molecule has 144 valence electrons. The maximum Gasteiger partial charge on any atom is 0.250 e. The van der Waals surface area contributed by atoms with E-state index in [-0.39, 0.29) is 5.91 Å². The summed E-state index contributed by atoms with van der Waals surface area (Å²) in [5, 5.41) is 3.38. The van der Waals surface area contributed by atoms with Crippen molar-refractivity contribution in [2.75, 3.05) is 19.5 Å². The number of nitrogens with one attached hydrogen (secondary N) is 1. The lowest BCUT2D eigenvalue weighted by atomic mass is 10.1. The number of halogens is 1. The quantitative estimate of drug-likeness (QED) is 0.491.